The van der Waals surface area contributed by atoms with Crippen LogP contribution in [0.15, 0.2) is 12.1 Å². The predicted molar refractivity (Wildman–Crippen MR) is 72.3 cm³/mol. The molecule has 1 aromatic carbocycles. The van der Waals surface area contributed by atoms with Crippen LogP contribution in [0, 0.1) is 15.9 Å². The number of nitrogens with zero attached hydrogens (tertiary/aromatic N) is 2. The molecule has 0 saturated heterocycles. The smallest absolute Gasteiger partial charge is 0.295 e. The first-order valence-corrected chi connectivity index (χ1v) is 6.04. The minimum absolute atomic E-state index is 0.0219. The standard InChI is InChI=1S/C12H16FN3O5/c1-21-5-3-15(2-4-17)12(18)9-6-8(13)7-10(11(9)14)16(19)20/h6-7,17H,2-5,14H2,1H3. The molecule has 3 N–H and O–H groups in total. The quantitative estimate of drug-likeness (QED) is 0.427. The summed E-state index contributed by atoms with van der Waals surface area (Å²) in [5, 5.41) is 19.7. The topological polar surface area (TPSA) is 119 Å². The number of carbonyl (C=O) groups excluding carboxylic acids is 1. The van der Waals surface area contributed by atoms with Crippen molar-refractivity contribution in [1.82, 2.24) is 4.90 Å². The summed E-state index contributed by atoms with van der Waals surface area (Å²) in [4.78, 5) is 23.4. The van der Waals surface area contributed by atoms with Crippen LogP contribution in [0.3, 0.4) is 0 Å². The Morgan fingerprint density at radius 1 is 1.52 bits per heavy atom. The number of amides is 1. The van der Waals surface area contributed by atoms with Crippen molar-refractivity contribution >= 4 is 17.3 Å². The van der Waals surface area contributed by atoms with Crippen LogP contribution in [0.4, 0.5) is 15.8 Å². The number of ether oxygens (including phenoxy) is 1. The number of carbonyl (C=O) groups is 1. The Bertz CT molecular complexity index is 538. The molecule has 0 unspecified atom stereocenters. The number of aliphatic hydroxyl groups is 1. The number of rotatable bonds is 7. The maximum absolute atomic E-state index is 13.4. The van der Waals surface area contributed by atoms with E-state index in [0.29, 0.717) is 6.07 Å². The lowest BCUT2D eigenvalue weighted by Gasteiger charge is -2.22. The van der Waals surface area contributed by atoms with Crippen LogP contribution in [0.5, 0.6) is 0 Å². The summed E-state index contributed by atoms with van der Waals surface area (Å²) in [5.41, 5.74) is 4.17. The van der Waals surface area contributed by atoms with E-state index in [0.717, 1.165) is 6.07 Å². The monoisotopic (exact) mass is 301 g/mol. The number of hydrogen-bond donors (Lipinski definition) is 2. The molecule has 116 valence electrons. The summed E-state index contributed by atoms with van der Waals surface area (Å²) in [6.45, 7) is 0.00140. The van der Waals surface area contributed by atoms with E-state index >= 15 is 0 Å². The summed E-state index contributed by atoms with van der Waals surface area (Å²) < 4.78 is 18.3. The highest BCUT2D eigenvalue weighted by atomic mass is 19.1. The Morgan fingerprint density at radius 2 is 2.19 bits per heavy atom. The first kappa shape index (κ1) is 16.8. The van der Waals surface area contributed by atoms with E-state index in [2.05, 4.69) is 0 Å². The fourth-order valence-corrected chi connectivity index (χ4v) is 1.74. The van der Waals surface area contributed by atoms with Crippen molar-refractivity contribution < 1.29 is 24.0 Å². The van der Waals surface area contributed by atoms with Crippen molar-refractivity contribution in [2.45, 2.75) is 0 Å². The lowest BCUT2D eigenvalue weighted by atomic mass is 10.1. The molecule has 0 aliphatic heterocycles. The first-order chi connectivity index (χ1) is 9.92. The summed E-state index contributed by atoms with van der Waals surface area (Å²) in [6, 6.07) is 1.49. The third-order valence-corrected chi connectivity index (χ3v) is 2.77. The summed E-state index contributed by atoms with van der Waals surface area (Å²) in [7, 11) is 1.43. The fraction of sp³-hybridized carbons (Fsp3) is 0.417. The number of halogens is 1. The molecule has 0 aliphatic carbocycles. The largest absolute Gasteiger partial charge is 0.395 e. The average Bonchev–Trinajstić information content (AvgIpc) is 2.44. The second kappa shape index (κ2) is 7.50. The van der Waals surface area contributed by atoms with Crippen LogP contribution in [0.2, 0.25) is 0 Å². The van der Waals surface area contributed by atoms with E-state index in [-0.39, 0.29) is 31.9 Å². The fourth-order valence-electron chi connectivity index (χ4n) is 1.74. The van der Waals surface area contributed by atoms with Crippen LogP contribution in [-0.2, 0) is 4.74 Å². The Hall–Kier alpha value is -2.26. The second-order valence-corrected chi connectivity index (χ2v) is 4.15. The number of nitrogen functional groups attached to an aromatic ring is 1. The van der Waals surface area contributed by atoms with Crippen molar-refractivity contribution in [2.75, 3.05) is 39.1 Å². The molecular weight excluding hydrogens is 285 g/mol. The lowest BCUT2D eigenvalue weighted by Crippen LogP contribution is -2.36. The molecule has 0 spiro atoms. The van der Waals surface area contributed by atoms with Crippen LogP contribution >= 0.6 is 0 Å². The molecule has 0 fully saturated rings. The maximum atomic E-state index is 13.4. The molecule has 0 aromatic heterocycles. The van der Waals surface area contributed by atoms with Crippen LogP contribution in [-0.4, -0.2) is 54.3 Å². The minimum Gasteiger partial charge on any atom is -0.395 e. The van der Waals surface area contributed by atoms with Crippen LogP contribution in [0.1, 0.15) is 10.4 Å². The highest BCUT2D eigenvalue weighted by Gasteiger charge is 2.24. The van der Waals surface area contributed by atoms with Gasteiger partial charge >= 0.3 is 0 Å². The summed E-state index contributed by atoms with van der Waals surface area (Å²) in [5.74, 6) is -1.64. The average molecular weight is 301 g/mol. The minimum atomic E-state index is -0.935. The van der Waals surface area contributed by atoms with Gasteiger partial charge in [-0.1, -0.05) is 0 Å². The van der Waals surface area contributed by atoms with E-state index < -0.39 is 28.0 Å². The number of nitro groups is 1. The molecule has 21 heavy (non-hydrogen) atoms. The summed E-state index contributed by atoms with van der Waals surface area (Å²) >= 11 is 0. The van der Waals surface area contributed by atoms with Crippen LogP contribution in [0.25, 0.3) is 0 Å². The number of aliphatic hydroxyl groups excluding tert-OH is 1. The predicted octanol–water partition coefficient (Wildman–Crippen LogP) is 0.397. The van der Waals surface area contributed by atoms with Gasteiger partial charge < -0.3 is 20.5 Å². The van der Waals surface area contributed by atoms with Gasteiger partial charge in [0.15, 0.2) is 0 Å². The van der Waals surface area contributed by atoms with Gasteiger partial charge in [0.25, 0.3) is 11.6 Å². The Kier molecular flexibility index (Phi) is 6.00. The van der Waals surface area contributed by atoms with Gasteiger partial charge in [0.1, 0.15) is 11.5 Å². The molecule has 8 nitrogen and oxygen atoms in total. The second-order valence-electron chi connectivity index (χ2n) is 4.15. The molecule has 1 aromatic rings. The molecule has 0 heterocycles. The number of benzene rings is 1. The number of anilines is 1. The van der Waals surface area contributed by atoms with Gasteiger partial charge in [-0.25, -0.2) is 4.39 Å². The molecule has 0 aliphatic rings. The van der Waals surface area contributed by atoms with E-state index in [1.54, 1.807) is 0 Å². The van der Waals surface area contributed by atoms with Gasteiger partial charge in [0.2, 0.25) is 0 Å². The van der Waals surface area contributed by atoms with E-state index in [9.17, 15) is 19.3 Å². The lowest BCUT2D eigenvalue weighted by molar-refractivity contribution is -0.384. The zero-order valence-electron chi connectivity index (χ0n) is 11.4. The van der Waals surface area contributed by atoms with Gasteiger partial charge in [0, 0.05) is 20.2 Å². The zero-order valence-corrected chi connectivity index (χ0v) is 11.4. The normalized spacial score (nSPS) is 10.4. The molecule has 0 atom stereocenters. The number of methoxy groups -OCH3 is 1. The van der Waals surface area contributed by atoms with Crippen molar-refractivity contribution in [3.8, 4) is 0 Å². The number of hydrogen-bond acceptors (Lipinski definition) is 6. The Labute approximate surface area is 120 Å². The van der Waals surface area contributed by atoms with Gasteiger partial charge in [-0.2, -0.15) is 0 Å². The van der Waals surface area contributed by atoms with Crippen molar-refractivity contribution in [3.63, 3.8) is 0 Å². The molecular formula is C12H16FN3O5. The van der Waals surface area contributed by atoms with Gasteiger partial charge in [-0.3, -0.25) is 14.9 Å². The van der Waals surface area contributed by atoms with Gasteiger partial charge in [-0.05, 0) is 6.07 Å². The van der Waals surface area contributed by atoms with Gasteiger partial charge in [0.05, 0.1) is 29.8 Å². The Morgan fingerprint density at radius 3 is 2.71 bits per heavy atom. The Balaban J connectivity index is 3.17. The van der Waals surface area contributed by atoms with Crippen molar-refractivity contribution in [3.05, 3.63) is 33.6 Å². The van der Waals surface area contributed by atoms with E-state index in [4.69, 9.17) is 15.6 Å². The number of nitro benzene ring substituents is 1. The summed E-state index contributed by atoms with van der Waals surface area (Å²) in [6.07, 6.45) is 0. The SMILES string of the molecule is COCCN(CCO)C(=O)c1cc(F)cc([N+](=O)[O-])c1N. The molecule has 0 radical (unpaired) electrons. The highest BCUT2D eigenvalue weighted by Crippen LogP contribution is 2.27. The van der Waals surface area contributed by atoms with Gasteiger partial charge in [-0.15, -0.1) is 0 Å². The molecule has 1 amide bonds. The van der Waals surface area contributed by atoms with Crippen molar-refractivity contribution in [2.24, 2.45) is 0 Å². The zero-order chi connectivity index (χ0) is 16.0. The van der Waals surface area contributed by atoms with E-state index in [1.807, 2.05) is 0 Å². The number of nitrogens with two attached hydrogens (primary N) is 1. The third-order valence-electron chi connectivity index (χ3n) is 2.77. The van der Waals surface area contributed by atoms with E-state index in [1.165, 1.54) is 12.0 Å². The molecule has 0 saturated carbocycles. The molecule has 1 rings (SSSR count). The van der Waals surface area contributed by atoms with Crippen molar-refractivity contribution in [1.29, 1.82) is 0 Å². The third kappa shape index (κ3) is 4.10. The van der Waals surface area contributed by atoms with Crippen LogP contribution < -0.4 is 5.73 Å². The highest BCUT2D eigenvalue weighted by molar-refractivity contribution is 6.01. The molecule has 0 bridgehead atoms. The maximum Gasteiger partial charge on any atom is 0.295 e. The molecule has 9 heteroatoms. The first-order valence-electron chi connectivity index (χ1n) is 6.04.